The molecule has 2 unspecified atom stereocenters. The van der Waals surface area contributed by atoms with Gasteiger partial charge in [0.25, 0.3) is 5.69 Å². The summed E-state index contributed by atoms with van der Waals surface area (Å²) in [7, 11) is 0. The third kappa shape index (κ3) is 3.48. The Kier molecular flexibility index (Phi) is 4.44. The standard InChI is InChI=1S/C13H17FN2O3/c14-10-5-6-12(16(17)18)9(7-10)8-19-13-4-2-1-3-11(13)15/h5-7,11,13H,1-4,8,15H2. The second-order valence-corrected chi connectivity index (χ2v) is 4.83. The number of nitro benzene ring substituents is 1. The van der Waals surface area contributed by atoms with Gasteiger partial charge in [0.05, 0.1) is 23.2 Å². The lowest BCUT2D eigenvalue weighted by molar-refractivity contribution is -0.386. The van der Waals surface area contributed by atoms with Gasteiger partial charge in [-0.25, -0.2) is 4.39 Å². The summed E-state index contributed by atoms with van der Waals surface area (Å²) < 4.78 is 18.8. The smallest absolute Gasteiger partial charge is 0.275 e. The summed E-state index contributed by atoms with van der Waals surface area (Å²) >= 11 is 0. The third-order valence-electron chi connectivity index (χ3n) is 3.44. The van der Waals surface area contributed by atoms with Crippen LogP contribution in [-0.2, 0) is 11.3 Å². The maximum atomic E-state index is 13.1. The number of ether oxygens (including phenoxy) is 1. The Morgan fingerprint density at radius 2 is 2.16 bits per heavy atom. The van der Waals surface area contributed by atoms with Gasteiger partial charge in [-0.2, -0.15) is 0 Å². The zero-order valence-corrected chi connectivity index (χ0v) is 10.5. The minimum absolute atomic E-state index is 0.0203. The summed E-state index contributed by atoms with van der Waals surface area (Å²) in [5, 5.41) is 10.9. The average Bonchev–Trinajstić information content (AvgIpc) is 2.37. The van der Waals surface area contributed by atoms with Gasteiger partial charge in [0.2, 0.25) is 0 Å². The third-order valence-corrected chi connectivity index (χ3v) is 3.44. The van der Waals surface area contributed by atoms with Crippen molar-refractivity contribution in [3.05, 3.63) is 39.7 Å². The van der Waals surface area contributed by atoms with Crippen LogP contribution in [0.3, 0.4) is 0 Å². The number of rotatable bonds is 4. The topological polar surface area (TPSA) is 78.4 Å². The molecule has 104 valence electrons. The molecule has 2 rings (SSSR count). The zero-order valence-electron chi connectivity index (χ0n) is 10.5. The summed E-state index contributed by atoms with van der Waals surface area (Å²) in [6.45, 7) is 0.0203. The molecule has 0 saturated heterocycles. The van der Waals surface area contributed by atoms with E-state index in [0.29, 0.717) is 0 Å². The molecular weight excluding hydrogens is 251 g/mol. The fourth-order valence-electron chi connectivity index (χ4n) is 2.38. The summed E-state index contributed by atoms with van der Waals surface area (Å²) in [6, 6.07) is 3.34. The number of nitrogens with two attached hydrogens (primary N) is 1. The lowest BCUT2D eigenvalue weighted by Gasteiger charge is -2.28. The first-order chi connectivity index (χ1) is 9.08. The molecule has 6 heteroatoms. The van der Waals surface area contributed by atoms with E-state index in [1.54, 1.807) is 0 Å². The predicted molar refractivity (Wildman–Crippen MR) is 68.1 cm³/mol. The zero-order chi connectivity index (χ0) is 13.8. The van der Waals surface area contributed by atoms with Crippen molar-refractivity contribution in [2.24, 2.45) is 5.73 Å². The van der Waals surface area contributed by atoms with Crippen molar-refractivity contribution in [1.29, 1.82) is 0 Å². The van der Waals surface area contributed by atoms with Gasteiger partial charge in [0.1, 0.15) is 5.82 Å². The summed E-state index contributed by atoms with van der Waals surface area (Å²) in [5.41, 5.74) is 6.07. The first kappa shape index (κ1) is 13.9. The number of halogens is 1. The van der Waals surface area contributed by atoms with Crippen molar-refractivity contribution >= 4 is 5.69 Å². The van der Waals surface area contributed by atoms with Crippen LogP contribution in [0.4, 0.5) is 10.1 Å². The number of nitro groups is 1. The minimum atomic E-state index is -0.529. The summed E-state index contributed by atoms with van der Waals surface area (Å²) in [4.78, 5) is 10.3. The molecule has 1 saturated carbocycles. The van der Waals surface area contributed by atoms with E-state index >= 15 is 0 Å². The summed E-state index contributed by atoms with van der Waals surface area (Å²) in [5.74, 6) is -0.503. The molecule has 1 aliphatic carbocycles. The normalized spacial score (nSPS) is 23.3. The highest BCUT2D eigenvalue weighted by atomic mass is 19.1. The molecule has 1 aromatic rings. The van der Waals surface area contributed by atoms with E-state index in [4.69, 9.17) is 10.5 Å². The molecule has 2 N–H and O–H groups in total. The Labute approximate surface area is 110 Å². The maximum absolute atomic E-state index is 13.1. The fraction of sp³-hybridized carbons (Fsp3) is 0.538. The first-order valence-corrected chi connectivity index (χ1v) is 6.38. The number of nitrogens with zero attached hydrogens (tertiary/aromatic N) is 1. The molecule has 1 fully saturated rings. The largest absolute Gasteiger partial charge is 0.372 e. The molecule has 19 heavy (non-hydrogen) atoms. The lowest BCUT2D eigenvalue weighted by atomic mass is 9.93. The van der Waals surface area contributed by atoms with Crippen LogP contribution in [0.1, 0.15) is 31.2 Å². The van der Waals surface area contributed by atoms with E-state index in [1.807, 2.05) is 0 Å². The second-order valence-electron chi connectivity index (χ2n) is 4.83. The molecule has 0 radical (unpaired) electrons. The first-order valence-electron chi connectivity index (χ1n) is 6.38. The van der Waals surface area contributed by atoms with Crippen LogP contribution < -0.4 is 5.73 Å². The SMILES string of the molecule is NC1CCCCC1OCc1cc(F)ccc1[N+](=O)[O-]. The maximum Gasteiger partial charge on any atom is 0.275 e. The quantitative estimate of drug-likeness (QED) is 0.672. The predicted octanol–water partition coefficient (Wildman–Crippen LogP) is 2.52. The fourth-order valence-corrected chi connectivity index (χ4v) is 2.38. The number of benzene rings is 1. The molecule has 0 bridgehead atoms. The van der Waals surface area contributed by atoms with Crippen LogP contribution in [0.25, 0.3) is 0 Å². The van der Waals surface area contributed by atoms with Gasteiger partial charge in [0, 0.05) is 12.1 Å². The highest BCUT2D eigenvalue weighted by Gasteiger charge is 2.23. The Bertz CT molecular complexity index is 467. The molecular formula is C13H17FN2O3. The van der Waals surface area contributed by atoms with Crippen LogP contribution >= 0.6 is 0 Å². The van der Waals surface area contributed by atoms with Crippen molar-refractivity contribution in [1.82, 2.24) is 0 Å². The Balaban J connectivity index is 2.05. The molecule has 2 atom stereocenters. The van der Waals surface area contributed by atoms with Gasteiger partial charge < -0.3 is 10.5 Å². The van der Waals surface area contributed by atoms with Gasteiger partial charge in [-0.15, -0.1) is 0 Å². The van der Waals surface area contributed by atoms with Gasteiger partial charge >= 0.3 is 0 Å². The minimum Gasteiger partial charge on any atom is -0.372 e. The van der Waals surface area contributed by atoms with Gasteiger partial charge in [-0.1, -0.05) is 12.8 Å². The van der Waals surface area contributed by atoms with Gasteiger partial charge in [-0.3, -0.25) is 10.1 Å². The van der Waals surface area contributed by atoms with Gasteiger partial charge in [0.15, 0.2) is 0 Å². The van der Waals surface area contributed by atoms with Crippen LogP contribution in [-0.4, -0.2) is 17.1 Å². The molecule has 0 aromatic heterocycles. The van der Waals surface area contributed by atoms with Crippen molar-refractivity contribution < 1.29 is 14.1 Å². The Hall–Kier alpha value is -1.53. The van der Waals surface area contributed by atoms with E-state index in [1.165, 1.54) is 0 Å². The van der Waals surface area contributed by atoms with Crippen LogP contribution in [0.5, 0.6) is 0 Å². The van der Waals surface area contributed by atoms with Crippen LogP contribution in [0.2, 0.25) is 0 Å². The molecule has 1 aromatic carbocycles. The molecule has 0 heterocycles. The van der Waals surface area contributed by atoms with E-state index in [2.05, 4.69) is 0 Å². The van der Waals surface area contributed by atoms with Crippen LogP contribution in [0, 0.1) is 15.9 Å². The Morgan fingerprint density at radius 1 is 1.42 bits per heavy atom. The molecule has 5 nitrogen and oxygen atoms in total. The average molecular weight is 268 g/mol. The van der Waals surface area contributed by atoms with Crippen molar-refractivity contribution in [3.63, 3.8) is 0 Å². The molecule has 1 aliphatic rings. The molecule has 0 aliphatic heterocycles. The monoisotopic (exact) mass is 268 g/mol. The summed E-state index contributed by atoms with van der Waals surface area (Å²) in [6.07, 6.45) is 3.78. The lowest BCUT2D eigenvalue weighted by Crippen LogP contribution is -2.39. The van der Waals surface area contributed by atoms with E-state index in [0.717, 1.165) is 43.9 Å². The highest BCUT2D eigenvalue weighted by Crippen LogP contribution is 2.24. The van der Waals surface area contributed by atoms with Gasteiger partial charge in [-0.05, 0) is 25.0 Å². The van der Waals surface area contributed by atoms with Crippen molar-refractivity contribution in [2.75, 3.05) is 0 Å². The van der Waals surface area contributed by atoms with Crippen molar-refractivity contribution in [2.45, 2.75) is 44.4 Å². The second kappa shape index (κ2) is 6.08. The van der Waals surface area contributed by atoms with E-state index in [9.17, 15) is 14.5 Å². The molecule has 0 spiro atoms. The number of hydrogen-bond acceptors (Lipinski definition) is 4. The molecule has 0 amide bonds. The number of hydrogen-bond donors (Lipinski definition) is 1. The van der Waals surface area contributed by atoms with Crippen LogP contribution in [0.15, 0.2) is 18.2 Å². The Morgan fingerprint density at radius 3 is 2.84 bits per heavy atom. The van der Waals surface area contributed by atoms with Crippen molar-refractivity contribution in [3.8, 4) is 0 Å². The van der Waals surface area contributed by atoms with E-state index < -0.39 is 10.7 Å². The van der Waals surface area contributed by atoms with E-state index in [-0.39, 0.29) is 30.0 Å². The highest BCUT2D eigenvalue weighted by molar-refractivity contribution is 5.39.